The normalized spacial score (nSPS) is 28.5. The topological polar surface area (TPSA) is 106 Å². The molecule has 9 nitrogen and oxygen atoms in total. The molecule has 6 atom stereocenters. The van der Waals surface area contributed by atoms with Crippen LogP contribution in [-0.2, 0) is 23.8 Å². The van der Waals surface area contributed by atoms with E-state index in [0.29, 0.717) is 17.9 Å². The van der Waals surface area contributed by atoms with Crippen molar-refractivity contribution in [3.05, 3.63) is 35.9 Å². The Morgan fingerprint density at radius 1 is 1.29 bits per heavy atom. The van der Waals surface area contributed by atoms with Gasteiger partial charge in [-0.1, -0.05) is 32.2 Å². The summed E-state index contributed by atoms with van der Waals surface area (Å²) < 4.78 is 28.4. The second-order valence-electron chi connectivity index (χ2n) is 8.77. The van der Waals surface area contributed by atoms with Gasteiger partial charge >= 0.3 is 12.1 Å². The molecule has 0 aliphatic carbocycles. The van der Waals surface area contributed by atoms with E-state index in [4.69, 9.17) is 14.2 Å². The summed E-state index contributed by atoms with van der Waals surface area (Å²) in [4.78, 5) is 42.0. The van der Waals surface area contributed by atoms with Crippen LogP contribution < -0.4 is 0 Å². The van der Waals surface area contributed by atoms with E-state index in [-0.39, 0.29) is 61.3 Å². The Bertz CT molecular complexity index is 880. The van der Waals surface area contributed by atoms with Crippen molar-refractivity contribution in [3.8, 4) is 0 Å². The maximum absolute atomic E-state index is 12.9. The molecule has 2 fully saturated rings. The van der Waals surface area contributed by atoms with E-state index in [1.54, 1.807) is 11.8 Å². The number of halogens is 1. The first-order chi connectivity index (χ1) is 16.8. The van der Waals surface area contributed by atoms with Crippen molar-refractivity contribution < 1.29 is 38.1 Å². The molecule has 2 saturated heterocycles. The molecule has 0 aromatic heterocycles. The van der Waals surface area contributed by atoms with Crippen LogP contribution >= 0.6 is 11.8 Å². The summed E-state index contributed by atoms with van der Waals surface area (Å²) in [6, 6.07) is -0.663. The Hall–Kier alpha value is -2.37. The molecule has 0 radical (unpaired) electrons. The van der Waals surface area contributed by atoms with Crippen LogP contribution in [-0.4, -0.2) is 96.0 Å². The summed E-state index contributed by atoms with van der Waals surface area (Å²) in [5, 5.41) is 10.0. The minimum absolute atomic E-state index is 0.00151. The molecule has 0 spiro atoms. The number of thioether (sulfide) groups is 1. The van der Waals surface area contributed by atoms with E-state index in [9.17, 15) is 23.9 Å². The van der Waals surface area contributed by atoms with Gasteiger partial charge in [0.2, 0.25) is 5.91 Å². The predicted molar refractivity (Wildman–Crippen MR) is 128 cm³/mol. The number of ether oxygens (including phenoxy) is 3. The number of amides is 2. The van der Waals surface area contributed by atoms with Crippen molar-refractivity contribution in [3.63, 3.8) is 0 Å². The first-order valence-corrected chi connectivity index (χ1v) is 12.5. The molecule has 0 aromatic carbocycles. The summed E-state index contributed by atoms with van der Waals surface area (Å²) in [5.41, 5.74) is 0.189. The molecule has 0 saturated carbocycles. The fourth-order valence-corrected chi connectivity index (χ4v) is 6.44. The molecule has 35 heavy (non-hydrogen) atoms. The third kappa shape index (κ3) is 5.57. The first-order valence-electron chi connectivity index (χ1n) is 11.6. The van der Waals surface area contributed by atoms with Gasteiger partial charge in [0, 0.05) is 22.6 Å². The Labute approximate surface area is 208 Å². The quantitative estimate of drug-likeness (QED) is 0.184. The lowest BCUT2D eigenvalue weighted by Crippen LogP contribution is -2.63. The van der Waals surface area contributed by atoms with Crippen molar-refractivity contribution in [2.75, 3.05) is 39.6 Å². The van der Waals surface area contributed by atoms with Gasteiger partial charge in [-0.25, -0.2) is 14.0 Å². The van der Waals surface area contributed by atoms with E-state index in [2.05, 4.69) is 13.2 Å². The molecule has 11 heteroatoms. The average molecular weight is 513 g/mol. The highest BCUT2D eigenvalue weighted by Gasteiger charge is 2.60. The number of β-lactam (4-membered cyclic amide) rings is 1. The molecule has 194 valence electrons. The third-order valence-corrected chi connectivity index (χ3v) is 7.89. The molecule has 2 amide bonds. The van der Waals surface area contributed by atoms with Crippen LogP contribution in [0.15, 0.2) is 35.9 Å². The highest BCUT2D eigenvalue weighted by Crippen LogP contribution is 2.52. The number of likely N-dealkylation sites (tertiary alicyclic amines) is 1. The van der Waals surface area contributed by atoms with Crippen molar-refractivity contribution in [1.82, 2.24) is 9.80 Å². The van der Waals surface area contributed by atoms with Gasteiger partial charge in [0.05, 0.1) is 37.3 Å². The third-order valence-electron chi connectivity index (χ3n) is 6.39. The van der Waals surface area contributed by atoms with Gasteiger partial charge in [0.15, 0.2) is 0 Å². The number of hydrogen-bond donors (Lipinski definition) is 1. The highest BCUT2D eigenvalue weighted by atomic mass is 32.2. The smallest absolute Gasteiger partial charge is 0.410 e. The van der Waals surface area contributed by atoms with Gasteiger partial charge in [-0.15, -0.1) is 11.8 Å². The Kier molecular flexibility index (Phi) is 9.37. The summed E-state index contributed by atoms with van der Waals surface area (Å²) in [6.45, 7) is 10.5. The molecule has 3 rings (SSSR count). The monoisotopic (exact) mass is 512 g/mol. The molecule has 3 heterocycles. The van der Waals surface area contributed by atoms with Crippen molar-refractivity contribution in [1.29, 1.82) is 0 Å². The molecule has 0 aromatic rings. The standard InChI is InChI=1S/C24H33FN2O7S/c1-5-8-33-23(30)20-21(14(3)19-18(15(4)28)22(29)27(19)20)35-17-11-16(13-32-10-7-25)26(12-17)24(31)34-9-6-2/h5-6,14-19,28H,1-2,7-13H2,3-4H3/t14-,15-,16+,17+,18-,19-/m1/s1. The lowest BCUT2D eigenvalue weighted by atomic mass is 9.79. The number of aliphatic hydroxyl groups is 1. The van der Waals surface area contributed by atoms with Gasteiger partial charge < -0.3 is 29.1 Å². The zero-order chi connectivity index (χ0) is 25.7. The zero-order valence-electron chi connectivity index (χ0n) is 20.1. The van der Waals surface area contributed by atoms with Gasteiger partial charge in [0.25, 0.3) is 0 Å². The van der Waals surface area contributed by atoms with Gasteiger partial charge in [-0.3, -0.25) is 4.79 Å². The van der Waals surface area contributed by atoms with Crippen LogP contribution in [0, 0.1) is 11.8 Å². The SMILES string of the molecule is C=CCOC(=O)C1=C(S[C@H]2C[C@@H](COCCF)N(C(=O)OCC=C)C2)[C@H](C)[C@@H]2[C@@H]([C@@H](C)O)C(=O)N12. The maximum Gasteiger partial charge on any atom is 0.410 e. The second-order valence-corrected chi connectivity index (χ2v) is 10.1. The summed E-state index contributed by atoms with van der Waals surface area (Å²) in [6.07, 6.45) is 2.09. The van der Waals surface area contributed by atoms with E-state index >= 15 is 0 Å². The summed E-state index contributed by atoms with van der Waals surface area (Å²) in [7, 11) is 0. The summed E-state index contributed by atoms with van der Waals surface area (Å²) in [5.74, 6) is -1.73. The Morgan fingerprint density at radius 2 is 1.97 bits per heavy atom. The molecular formula is C24H33FN2O7S. The predicted octanol–water partition coefficient (Wildman–Crippen LogP) is 2.27. The van der Waals surface area contributed by atoms with E-state index in [1.165, 1.54) is 28.8 Å². The largest absolute Gasteiger partial charge is 0.457 e. The van der Waals surface area contributed by atoms with Crippen LogP contribution in [0.4, 0.5) is 9.18 Å². The fraction of sp³-hybridized carbons (Fsp3) is 0.625. The second kappa shape index (κ2) is 12.0. The molecule has 0 unspecified atom stereocenters. The van der Waals surface area contributed by atoms with E-state index in [1.807, 2.05) is 6.92 Å². The Balaban J connectivity index is 1.83. The number of esters is 1. The Morgan fingerprint density at radius 3 is 2.60 bits per heavy atom. The van der Waals surface area contributed by atoms with Crippen molar-refractivity contribution in [2.45, 2.75) is 43.7 Å². The van der Waals surface area contributed by atoms with Crippen LogP contribution in [0.3, 0.4) is 0 Å². The zero-order valence-corrected chi connectivity index (χ0v) is 20.9. The minimum atomic E-state index is -0.848. The molecule has 3 aliphatic heterocycles. The number of rotatable bonds is 12. The van der Waals surface area contributed by atoms with Gasteiger partial charge in [-0.2, -0.15) is 0 Å². The van der Waals surface area contributed by atoms with E-state index in [0.717, 1.165) is 0 Å². The van der Waals surface area contributed by atoms with E-state index < -0.39 is 30.8 Å². The van der Waals surface area contributed by atoms with Gasteiger partial charge in [-0.05, 0) is 13.3 Å². The fourth-order valence-electron chi connectivity index (χ4n) is 4.88. The van der Waals surface area contributed by atoms with Crippen LogP contribution in [0.5, 0.6) is 0 Å². The first kappa shape index (κ1) is 27.2. The number of hydrogen-bond acceptors (Lipinski definition) is 8. The lowest BCUT2D eigenvalue weighted by molar-refractivity contribution is -0.164. The van der Waals surface area contributed by atoms with Crippen LogP contribution in [0.2, 0.25) is 0 Å². The average Bonchev–Trinajstić information content (AvgIpc) is 3.33. The van der Waals surface area contributed by atoms with Crippen molar-refractivity contribution in [2.24, 2.45) is 11.8 Å². The maximum atomic E-state index is 12.9. The van der Waals surface area contributed by atoms with Crippen molar-refractivity contribution >= 4 is 29.7 Å². The van der Waals surface area contributed by atoms with Crippen LogP contribution in [0.1, 0.15) is 20.3 Å². The molecular weight excluding hydrogens is 479 g/mol. The number of nitrogens with zero attached hydrogens (tertiary/aromatic N) is 2. The number of aliphatic hydroxyl groups excluding tert-OH is 1. The minimum Gasteiger partial charge on any atom is -0.457 e. The molecule has 1 N–H and O–H groups in total. The number of alkyl halides is 1. The van der Waals surface area contributed by atoms with Gasteiger partial charge in [0.1, 0.15) is 25.6 Å². The highest BCUT2D eigenvalue weighted by molar-refractivity contribution is 8.03. The number of carbonyl (C=O) groups excluding carboxylic acids is 3. The van der Waals surface area contributed by atoms with Crippen LogP contribution in [0.25, 0.3) is 0 Å². The molecule has 0 bridgehead atoms. The lowest BCUT2D eigenvalue weighted by Gasteiger charge is -2.46. The number of carbonyl (C=O) groups is 3. The summed E-state index contributed by atoms with van der Waals surface area (Å²) >= 11 is 1.42. The number of fused-ring (bicyclic) bond motifs is 1. The molecule has 3 aliphatic rings.